The first-order valence-electron chi connectivity index (χ1n) is 6.45. The van der Waals surface area contributed by atoms with E-state index in [4.69, 9.17) is 5.73 Å². The SMILES string of the molecule is CC(=O)N1CCCN(c2cccc(C)c2N)CC1. The van der Waals surface area contributed by atoms with Crippen LogP contribution in [0.1, 0.15) is 18.9 Å². The van der Waals surface area contributed by atoms with E-state index < -0.39 is 0 Å². The molecule has 18 heavy (non-hydrogen) atoms. The van der Waals surface area contributed by atoms with E-state index in [1.807, 2.05) is 24.0 Å². The van der Waals surface area contributed by atoms with Crippen LogP contribution in [-0.2, 0) is 4.79 Å². The summed E-state index contributed by atoms with van der Waals surface area (Å²) in [7, 11) is 0. The maximum atomic E-state index is 11.4. The minimum Gasteiger partial charge on any atom is -0.397 e. The number of nitrogens with zero attached hydrogens (tertiary/aromatic N) is 2. The van der Waals surface area contributed by atoms with Gasteiger partial charge >= 0.3 is 0 Å². The summed E-state index contributed by atoms with van der Waals surface area (Å²) in [6.45, 7) is 7.10. The molecule has 1 aliphatic heterocycles. The normalized spacial score (nSPS) is 16.6. The van der Waals surface area contributed by atoms with Crippen molar-refractivity contribution in [2.75, 3.05) is 36.8 Å². The molecule has 0 atom stereocenters. The first kappa shape index (κ1) is 12.7. The molecule has 0 aliphatic carbocycles. The zero-order chi connectivity index (χ0) is 13.1. The van der Waals surface area contributed by atoms with E-state index in [9.17, 15) is 4.79 Å². The van der Waals surface area contributed by atoms with Gasteiger partial charge < -0.3 is 15.5 Å². The zero-order valence-electron chi connectivity index (χ0n) is 11.1. The Balaban J connectivity index is 2.15. The molecule has 4 heteroatoms. The van der Waals surface area contributed by atoms with Crippen molar-refractivity contribution in [2.24, 2.45) is 0 Å². The van der Waals surface area contributed by atoms with Gasteiger partial charge in [0.1, 0.15) is 0 Å². The summed E-state index contributed by atoms with van der Waals surface area (Å²) in [4.78, 5) is 15.6. The molecule has 0 bridgehead atoms. The third kappa shape index (κ3) is 2.58. The van der Waals surface area contributed by atoms with Crippen LogP contribution in [0.4, 0.5) is 11.4 Å². The highest BCUT2D eigenvalue weighted by molar-refractivity contribution is 5.74. The molecule has 1 aliphatic rings. The Hall–Kier alpha value is -1.71. The van der Waals surface area contributed by atoms with Crippen molar-refractivity contribution in [1.29, 1.82) is 0 Å². The number of amides is 1. The maximum Gasteiger partial charge on any atom is 0.219 e. The highest BCUT2D eigenvalue weighted by Crippen LogP contribution is 2.26. The predicted octanol–water partition coefficient (Wildman–Crippen LogP) is 1.64. The van der Waals surface area contributed by atoms with Crippen LogP contribution in [0.25, 0.3) is 0 Å². The number of benzene rings is 1. The quantitative estimate of drug-likeness (QED) is 0.767. The van der Waals surface area contributed by atoms with Gasteiger partial charge in [-0.2, -0.15) is 0 Å². The molecule has 0 radical (unpaired) electrons. The van der Waals surface area contributed by atoms with E-state index in [0.29, 0.717) is 0 Å². The summed E-state index contributed by atoms with van der Waals surface area (Å²) >= 11 is 0. The lowest BCUT2D eigenvalue weighted by molar-refractivity contribution is -0.128. The Morgan fingerprint density at radius 3 is 2.72 bits per heavy atom. The van der Waals surface area contributed by atoms with Crippen molar-refractivity contribution < 1.29 is 4.79 Å². The van der Waals surface area contributed by atoms with E-state index >= 15 is 0 Å². The molecule has 1 amide bonds. The molecule has 1 heterocycles. The molecule has 0 unspecified atom stereocenters. The van der Waals surface area contributed by atoms with Crippen LogP contribution < -0.4 is 10.6 Å². The summed E-state index contributed by atoms with van der Waals surface area (Å²) in [6.07, 6.45) is 0.993. The molecule has 4 nitrogen and oxygen atoms in total. The first-order chi connectivity index (χ1) is 8.59. The first-order valence-corrected chi connectivity index (χ1v) is 6.45. The summed E-state index contributed by atoms with van der Waals surface area (Å²) < 4.78 is 0. The predicted molar refractivity (Wildman–Crippen MR) is 74.7 cm³/mol. The van der Waals surface area contributed by atoms with Crippen LogP contribution in [0.2, 0.25) is 0 Å². The summed E-state index contributed by atoms with van der Waals surface area (Å²) in [5.74, 6) is 0.161. The second-order valence-corrected chi connectivity index (χ2v) is 4.85. The average molecular weight is 247 g/mol. The van der Waals surface area contributed by atoms with Crippen LogP contribution in [-0.4, -0.2) is 37.0 Å². The topological polar surface area (TPSA) is 49.6 Å². The second kappa shape index (κ2) is 5.29. The number of hydrogen-bond donors (Lipinski definition) is 1. The van der Waals surface area contributed by atoms with Crippen molar-refractivity contribution in [2.45, 2.75) is 20.3 Å². The van der Waals surface area contributed by atoms with Crippen molar-refractivity contribution in [3.05, 3.63) is 23.8 Å². The highest BCUT2D eigenvalue weighted by atomic mass is 16.2. The summed E-state index contributed by atoms with van der Waals surface area (Å²) in [6, 6.07) is 6.12. The number of carbonyl (C=O) groups excluding carboxylic acids is 1. The number of para-hydroxylation sites is 1. The summed E-state index contributed by atoms with van der Waals surface area (Å²) in [5.41, 5.74) is 9.20. The molecule has 1 saturated heterocycles. The van der Waals surface area contributed by atoms with E-state index in [1.165, 1.54) is 0 Å². The van der Waals surface area contributed by atoms with Crippen LogP contribution in [0.3, 0.4) is 0 Å². The van der Waals surface area contributed by atoms with Crippen molar-refractivity contribution >= 4 is 17.3 Å². The Bertz CT molecular complexity index is 445. The van der Waals surface area contributed by atoms with Crippen molar-refractivity contribution in [3.8, 4) is 0 Å². The van der Waals surface area contributed by atoms with Gasteiger partial charge in [-0.3, -0.25) is 4.79 Å². The smallest absolute Gasteiger partial charge is 0.219 e. The van der Waals surface area contributed by atoms with Gasteiger partial charge in [-0.1, -0.05) is 12.1 Å². The fourth-order valence-electron chi connectivity index (χ4n) is 2.41. The standard InChI is InChI=1S/C14H21N3O/c1-11-5-3-6-13(14(11)15)17-8-4-7-16(9-10-17)12(2)18/h3,5-6H,4,7-10,15H2,1-2H3. The number of rotatable bonds is 1. The number of aryl methyl sites for hydroxylation is 1. The molecule has 1 aromatic carbocycles. The molecule has 0 spiro atoms. The highest BCUT2D eigenvalue weighted by Gasteiger charge is 2.18. The number of nitrogen functional groups attached to an aromatic ring is 1. The van der Waals surface area contributed by atoms with Gasteiger partial charge in [0.05, 0.1) is 11.4 Å². The van der Waals surface area contributed by atoms with Gasteiger partial charge in [-0.25, -0.2) is 0 Å². The average Bonchev–Trinajstić information content (AvgIpc) is 2.58. The lowest BCUT2D eigenvalue weighted by Gasteiger charge is -2.25. The molecule has 98 valence electrons. The maximum absolute atomic E-state index is 11.4. The monoisotopic (exact) mass is 247 g/mol. The van der Waals surface area contributed by atoms with E-state index in [2.05, 4.69) is 11.0 Å². The lowest BCUT2D eigenvalue weighted by atomic mass is 10.1. The fourth-order valence-corrected chi connectivity index (χ4v) is 2.41. The Kier molecular flexibility index (Phi) is 3.75. The van der Waals surface area contributed by atoms with Gasteiger partial charge in [0.2, 0.25) is 5.91 Å². The third-order valence-corrected chi connectivity index (χ3v) is 3.58. The Morgan fingerprint density at radius 1 is 1.22 bits per heavy atom. The van der Waals surface area contributed by atoms with E-state index in [1.54, 1.807) is 6.92 Å². The second-order valence-electron chi connectivity index (χ2n) is 4.85. The fraction of sp³-hybridized carbons (Fsp3) is 0.500. The van der Waals surface area contributed by atoms with Gasteiger partial charge in [0.15, 0.2) is 0 Å². The zero-order valence-corrected chi connectivity index (χ0v) is 11.1. The molecule has 1 aromatic rings. The molecule has 2 N–H and O–H groups in total. The minimum absolute atomic E-state index is 0.161. The number of carbonyl (C=O) groups is 1. The van der Waals surface area contributed by atoms with Crippen LogP contribution in [0.5, 0.6) is 0 Å². The van der Waals surface area contributed by atoms with Crippen molar-refractivity contribution in [3.63, 3.8) is 0 Å². The van der Waals surface area contributed by atoms with Gasteiger partial charge in [0.25, 0.3) is 0 Å². The summed E-state index contributed by atoms with van der Waals surface area (Å²) in [5, 5.41) is 0. The van der Waals surface area contributed by atoms with Crippen molar-refractivity contribution in [1.82, 2.24) is 4.90 Å². The lowest BCUT2D eigenvalue weighted by Crippen LogP contribution is -2.33. The van der Waals surface area contributed by atoms with E-state index in [-0.39, 0.29) is 5.91 Å². The third-order valence-electron chi connectivity index (χ3n) is 3.58. The Labute approximate surface area is 108 Å². The van der Waals surface area contributed by atoms with Crippen LogP contribution in [0.15, 0.2) is 18.2 Å². The molecular formula is C14H21N3O. The minimum atomic E-state index is 0.161. The molecular weight excluding hydrogens is 226 g/mol. The van der Waals surface area contributed by atoms with Gasteiger partial charge in [0, 0.05) is 33.1 Å². The van der Waals surface area contributed by atoms with Gasteiger partial charge in [-0.05, 0) is 25.0 Å². The van der Waals surface area contributed by atoms with Crippen LogP contribution in [0, 0.1) is 6.92 Å². The molecule has 2 rings (SSSR count). The number of nitrogens with two attached hydrogens (primary N) is 1. The number of hydrogen-bond acceptors (Lipinski definition) is 3. The Morgan fingerprint density at radius 2 is 2.00 bits per heavy atom. The largest absolute Gasteiger partial charge is 0.397 e. The van der Waals surface area contributed by atoms with E-state index in [0.717, 1.165) is 49.5 Å². The number of anilines is 2. The molecule has 0 saturated carbocycles. The molecule has 0 aromatic heterocycles. The molecule has 1 fully saturated rings. The van der Waals surface area contributed by atoms with Crippen LogP contribution >= 0.6 is 0 Å². The van der Waals surface area contributed by atoms with Gasteiger partial charge in [-0.15, -0.1) is 0 Å².